The maximum Gasteiger partial charge on any atom is 0.242 e. The van der Waals surface area contributed by atoms with Crippen molar-refractivity contribution in [2.45, 2.75) is 40.3 Å². The summed E-state index contributed by atoms with van der Waals surface area (Å²) in [5.74, 6) is 0.892. The van der Waals surface area contributed by atoms with Crippen LogP contribution in [-0.4, -0.2) is 97.9 Å². The number of hydrogen-bond donors (Lipinski definition) is 1. The fourth-order valence-corrected chi connectivity index (χ4v) is 3.86. The molecule has 1 saturated heterocycles. The van der Waals surface area contributed by atoms with Crippen LogP contribution in [0, 0.1) is 0 Å². The standard InChI is InChI=1S/C24H42N6O.HI/c1-6-25-24(28(5)20-23(31)30(7-2)8-3)26-18-21-10-12-22(13-11-21)19-29-15-9-14-27(4)16-17-29;/h10-13H,6-9,14-20H2,1-5H3,(H,25,26);1H. The molecule has 0 unspecified atom stereocenters. The van der Waals surface area contributed by atoms with Gasteiger partial charge in [-0.25, -0.2) is 4.99 Å². The first-order chi connectivity index (χ1) is 15.0. The number of halogens is 1. The van der Waals surface area contributed by atoms with E-state index in [0.717, 1.165) is 45.2 Å². The molecular weight excluding hydrogens is 515 g/mol. The first-order valence-electron chi connectivity index (χ1n) is 11.7. The Balaban J connectivity index is 0.00000512. The highest BCUT2D eigenvalue weighted by molar-refractivity contribution is 14.0. The maximum absolute atomic E-state index is 12.4. The Hall–Kier alpha value is -1.39. The third kappa shape index (κ3) is 9.62. The van der Waals surface area contributed by atoms with E-state index in [1.807, 2.05) is 37.6 Å². The third-order valence-electron chi connectivity index (χ3n) is 5.84. The van der Waals surface area contributed by atoms with Gasteiger partial charge in [0.05, 0.1) is 13.1 Å². The summed E-state index contributed by atoms with van der Waals surface area (Å²) in [7, 11) is 4.13. The Kier molecular flexibility index (Phi) is 13.8. The van der Waals surface area contributed by atoms with Crippen molar-refractivity contribution in [2.75, 3.05) is 66.5 Å². The lowest BCUT2D eigenvalue weighted by Crippen LogP contribution is -2.45. The van der Waals surface area contributed by atoms with Crippen molar-refractivity contribution in [3.8, 4) is 0 Å². The van der Waals surface area contributed by atoms with Gasteiger partial charge in [-0.05, 0) is 58.5 Å². The van der Waals surface area contributed by atoms with E-state index in [-0.39, 0.29) is 29.9 Å². The van der Waals surface area contributed by atoms with Crippen LogP contribution in [0.15, 0.2) is 29.3 Å². The summed E-state index contributed by atoms with van der Waals surface area (Å²) in [4.78, 5) is 25.9. The van der Waals surface area contributed by atoms with Crippen LogP contribution in [-0.2, 0) is 17.9 Å². The number of amides is 1. The van der Waals surface area contributed by atoms with E-state index in [2.05, 4.69) is 46.4 Å². The molecule has 8 heteroatoms. The second-order valence-corrected chi connectivity index (χ2v) is 8.34. The van der Waals surface area contributed by atoms with E-state index in [1.54, 1.807) is 0 Å². The van der Waals surface area contributed by atoms with E-state index >= 15 is 0 Å². The molecule has 32 heavy (non-hydrogen) atoms. The average molecular weight is 559 g/mol. The molecule has 1 fully saturated rings. The normalized spacial score (nSPS) is 15.6. The summed E-state index contributed by atoms with van der Waals surface area (Å²) < 4.78 is 0. The molecule has 1 aromatic carbocycles. The third-order valence-corrected chi connectivity index (χ3v) is 5.84. The minimum absolute atomic E-state index is 0. The van der Waals surface area contributed by atoms with E-state index in [0.29, 0.717) is 13.1 Å². The molecule has 1 aliphatic heterocycles. The van der Waals surface area contributed by atoms with Gasteiger partial charge in [0.1, 0.15) is 0 Å². The summed E-state index contributed by atoms with van der Waals surface area (Å²) in [6, 6.07) is 8.79. The predicted molar refractivity (Wildman–Crippen MR) is 145 cm³/mol. The number of carbonyl (C=O) groups is 1. The number of benzene rings is 1. The molecule has 0 saturated carbocycles. The number of nitrogens with one attached hydrogen (secondary N) is 1. The molecule has 0 radical (unpaired) electrons. The molecular formula is C24H43IN6O. The quantitative estimate of drug-likeness (QED) is 0.287. The van der Waals surface area contributed by atoms with Gasteiger partial charge in [0.25, 0.3) is 0 Å². The Morgan fingerprint density at radius 3 is 2.31 bits per heavy atom. The Labute approximate surface area is 212 Å². The van der Waals surface area contributed by atoms with Crippen LogP contribution in [0.4, 0.5) is 0 Å². The highest BCUT2D eigenvalue weighted by Crippen LogP contribution is 2.11. The van der Waals surface area contributed by atoms with Gasteiger partial charge in [-0.15, -0.1) is 24.0 Å². The molecule has 0 bridgehead atoms. The van der Waals surface area contributed by atoms with E-state index in [4.69, 9.17) is 4.99 Å². The molecule has 0 aliphatic carbocycles. The van der Waals surface area contributed by atoms with Crippen molar-refractivity contribution in [1.82, 2.24) is 24.9 Å². The number of hydrogen-bond acceptors (Lipinski definition) is 4. The van der Waals surface area contributed by atoms with Crippen LogP contribution in [0.1, 0.15) is 38.3 Å². The highest BCUT2D eigenvalue weighted by Gasteiger charge is 2.15. The molecule has 1 amide bonds. The second-order valence-electron chi connectivity index (χ2n) is 8.34. The minimum Gasteiger partial charge on any atom is -0.357 e. The van der Waals surface area contributed by atoms with Gasteiger partial charge >= 0.3 is 0 Å². The summed E-state index contributed by atoms with van der Waals surface area (Å²) in [5.41, 5.74) is 2.53. The van der Waals surface area contributed by atoms with E-state index < -0.39 is 0 Å². The van der Waals surface area contributed by atoms with Gasteiger partial charge in [0.2, 0.25) is 5.91 Å². The molecule has 1 N–H and O–H groups in total. The molecule has 1 heterocycles. The van der Waals surface area contributed by atoms with Crippen molar-refractivity contribution in [2.24, 2.45) is 4.99 Å². The van der Waals surface area contributed by atoms with Gasteiger partial charge in [0.15, 0.2) is 5.96 Å². The Bertz CT molecular complexity index is 692. The highest BCUT2D eigenvalue weighted by atomic mass is 127. The van der Waals surface area contributed by atoms with Crippen LogP contribution < -0.4 is 5.32 Å². The summed E-state index contributed by atoms with van der Waals surface area (Å²) in [5, 5.41) is 3.30. The lowest BCUT2D eigenvalue weighted by molar-refractivity contribution is -0.131. The van der Waals surface area contributed by atoms with Crippen molar-refractivity contribution >= 4 is 35.8 Å². The zero-order valence-electron chi connectivity index (χ0n) is 20.6. The molecule has 1 aromatic rings. The topological polar surface area (TPSA) is 54.4 Å². The van der Waals surface area contributed by atoms with Gasteiger partial charge < -0.3 is 20.0 Å². The zero-order chi connectivity index (χ0) is 22.6. The monoisotopic (exact) mass is 558 g/mol. The molecule has 0 spiro atoms. The van der Waals surface area contributed by atoms with E-state index in [1.165, 1.54) is 30.6 Å². The van der Waals surface area contributed by atoms with Crippen molar-refractivity contribution in [1.29, 1.82) is 0 Å². The van der Waals surface area contributed by atoms with Crippen LogP contribution in [0.25, 0.3) is 0 Å². The fourth-order valence-electron chi connectivity index (χ4n) is 3.86. The average Bonchev–Trinajstić information content (AvgIpc) is 2.97. The molecule has 2 rings (SSSR count). The summed E-state index contributed by atoms with van der Waals surface area (Å²) >= 11 is 0. The van der Waals surface area contributed by atoms with Gasteiger partial charge in [-0.3, -0.25) is 9.69 Å². The van der Waals surface area contributed by atoms with Crippen LogP contribution >= 0.6 is 24.0 Å². The van der Waals surface area contributed by atoms with Gasteiger partial charge in [-0.1, -0.05) is 24.3 Å². The minimum atomic E-state index is 0. The zero-order valence-corrected chi connectivity index (χ0v) is 23.0. The SMILES string of the molecule is CCNC(=NCc1ccc(CN2CCCN(C)CC2)cc1)N(C)CC(=O)N(CC)CC.I. The van der Waals surface area contributed by atoms with Gasteiger partial charge in [0, 0.05) is 46.3 Å². The molecule has 0 atom stereocenters. The summed E-state index contributed by atoms with van der Waals surface area (Å²) in [6.07, 6.45) is 1.24. The largest absolute Gasteiger partial charge is 0.357 e. The lowest BCUT2D eigenvalue weighted by atomic mass is 10.1. The molecule has 182 valence electrons. The van der Waals surface area contributed by atoms with Crippen molar-refractivity contribution in [3.63, 3.8) is 0 Å². The Morgan fingerprint density at radius 2 is 1.69 bits per heavy atom. The van der Waals surface area contributed by atoms with E-state index in [9.17, 15) is 4.79 Å². The number of aliphatic imine (C=N–C) groups is 1. The number of likely N-dealkylation sites (N-methyl/N-ethyl adjacent to an activating group) is 3. The smallest absolute Gasteiger partial charge is 0.242 e. The van der Waals surface area contributed by atoms with Crippen molar-refractivity contribution in [3.05, 3.63) is 35.4 Å². The lowest BCUT2D eigenvalue weighted by Gasteiger charge is -2.25. The number of guanidine groups is 1. The first kappa shape index (κ1) is 28.6. The first-order valence-corrected chi connectivity index (χ1v) is 11.7. The molecule has 0 aromatic heterocycles. The molecule has 7 nitrogen and oxygen atoms in total. The van der Waals surface area contributed by atoms with Crippen molar-refractivity contribution < 1.29 is 4.79 Å². The second kappa shape index (κ2) is 15.4. The number of carbonyl (C=O) groups excluding carboxylic acids is 1. The Morgan fingerprint density at radius 1 is 1.03 bits per heavy atom. The van der Waals surface area contributed by atoms with Crippen LogP contribution in [0.5, 0.6) is 0 Å². The van der Waals surface area contributed by atoms with Crippen LogP contribution in [0.2, 0.25) is 0 Å². The fraction of sp³-hybridized carbons (Fsp3) is 0.667. The molecule has 1 aliphatic rings. The maximum atomic E-state index is 12.4. The van der Waals surface area contributed by atoms with Crippen LogP contribution in [0.3, 0.4) is 0 Å². The number of rotatable bonds is 9. The van der Waals surface area contributed by atoms with Gasteiger partial charge in [-0.2, -0.15) is 0 Å². The number of nitrogens with zero attached hydrogens (tertiary/aromatic N) is 5. The summed E-state index contributed by atoms with van der Waals surface area (Å²) in [6.45, 7) is 14.9. The predicted octanol–water partition coefficient (Wildman–Crippen LogP) is 2.71.